The predicted molar refractivity (Wildman–Crippen MR) is 67.5 cm³/mol. The van der Waals surface area contributed by atoms with Crippen molar-refractivity contribution < 1.29 is 14.3 Å². The summed E-state index contributed by atoms with van der Waals surface area (Å²) in [5.41, 5.74) is 1.36. The molecule has 100 valence electrons. The van der Waals surface area contributed by atoms with E-state index >= 15 is 0 Å². The maximum absolute atomic E-state index is 11.3. The molecule has 1 aromatic heterocycles. The first-order valence-corrected chi connectivity index (χ1v) is 6.02. The van der Waals surface area contributed by atoms with Gasteiger partial charge in [-0.2, -0.15) is 5.26 Å². The summed E-state index contributed by atoms with van der Waals surface area (Å²) in [7, 11) is 1.36. The molecule has 0 saturated carbocycles. The minimum atomic E-state index is -0.293. The topological polar surface area (TPSA) is 75.5 Å². The molecule has 0 N–H and O–H groups in total. The van der Waals surface area contributed by atoms with Gasteiger partial charge < -0.3 is 14.4 Å². The molecule has 0 radical (unpaired) electrons. The van der Waals surface area contributed by atoms with Gasteiger partial charge >= 0.3 is 5.97 Å². The van der Waals surface area contributed by atoms with E-state index in [9.17, 15) is 4.79 Å². The van der Waals surface area contributed by atoms with E-state index < -0.39 is 0 Å². The van der Waals surface area contributed by atoms with Crippen molar-refractivity contribution in [3.05, 3.63) is 24.0 Å². The number of nitriles is 1. The maximum atomic E-state index is 11.3. The van der Waals surface area contributed by atoms with Crippen LogP contribution in [-0.2, 0) is 14.3 Å². The monoisotopic (exact) mass is 261 g/mol. The van der Waals surface area contributed by atoms with Gasteiger partial charge in [-0.25, -0.2) is 0 Å². The van der Waals surface area contributed by atoms with Crippen LogP contribution in [0, 0.1) is 11.3 Å². The van der Waals surface area contributed by atoms with E-state index in [1.807, 2.05) is 4.90 Å². The lowest BCUT2D eigenvalue weighted by molar-refractivity contribution is -0.144. The second-order valence-corrected chi connectivity index (χ2v) is 4.22. The van der Waals surface area contributed by atoms with Crippen molar-refractivity contribution in [1.82, 2.24) is 4.98 Å². The minimum Gasteiger partial charge on any atom is -0.469 e. The standard InChI is InChI=1S/C13H15N3O3/c1-18-13(17)6-11-9-16(4-5-19-11)12-8-15-3-2-10(12)7-14/h2-3,8,11H,4-6,9H2,1H3. The van der Waals surface area contributed by atoms with Crippen LogP contribution in [0.25, 0.3) is 0 Å². The zero-order valence-corrected chi connectivity index (χ0v) is 10.7. The summed E-state index contributed by atoms with van der Waals surface area (Å²) in [6, 6.07) is 3.83. The summed E-state index contributed by atoms with van der Waals surface area (Å²) in [5, 5.41) is 9.09. The van der Waals surface area contributed by atoms with E-state index in [4.69, 9.17) is 10.00 Å². The number of methoxy groups -OCH3 is 1. The highest BCUT2D eigenvalue weighted by Gasteiger charge is 2.24. The van der Waals surface area contributed by atoms with E-state index in [0.29, 0.717) is 25.3 Å². The highest BCUT2D eigenvalue weighted by molar-refractivity contribution is 5.70. The minimum absolute atomic E-state index is 0.215. The lowest BCUT2D eigenvalue weighted by atomic mass is 10.1. The number of aromatic nitrogens is 1. The van der Waals surface area contributed by atoms with Crippen LogP contribution in [-0.4, -0.2) is 43.9 Å². The number of rotatable bonds is 3. The molecule has 1 aromatic rings. The Hall–Kier alpha value is -2.13. The van der Waals surface area contributed by atoms with Crippen LogP contribution in [0.5, 0.6) is 0 Å². The smallest absolute Gasteiger partial charge is 0.308 e. The number of carbonyl (C=O) groups is 1. The van der Waals surface area contributed by atoms with Gasteiger partial charge in [0.2, 0.25) is 0 Å². The van der Waals surface area contributed by atoms with E-state index in [-0.39, 0.29) is 18.5 Å². The Balaban J connectivity index is 2.09. The third kappa shape index (κ3) is 3.20. The molecule has 0 bridgehead atoms. The summed E-state index contributed by atoms with van der Waals surface area (Å²) in [6.45, 7) is 1.74. The molecule has 1 aliphatic heterocycles. The first-order chi connectivity index (χ1) is 9.24. The van der Waals surface area contributed by atoms with Crippen LogP contribution in [0.15, 0.2) is 18.5 Å². The fraction of sp³-hybridized carbons (Fsp3) is 0.462. The zero-order chi connectivity index (χ0) is 13.7. The highest BCUT2D eigenvalue weighted by atomic mass is 16.5. The van der Waals surface area contributed by atoms with Crippen LogP contribution >= 0.6 is 0 Å². The molecule has 2 heterocycles. The van der Waals surface area contributed by atoms with Crippen molar-refractivity contribution in [2.75, 3.05) is 31.7 Å². The number of hydrogen-bond acceptors (Lipinski definition) is 6. The number of ether oxygens (including phenoxy) is 2. The second kappa shape index (κ2) is 6.16. The number of hydrogen-bond donors (Lipinski definition) is 0. The quantitative estimate of drug-likeness (QED) is 0.746. The number of anilines is 1. The second-order valence-electron chi connectivity index (χ2n) is 4.22. The Bertz CT molecular complexity index is 498. The van der Waals surface area contributed by atoms with Gasteiger partial charge in [-0.1, -0.05) is 0 Å². The first kappa shape index (κ1) is 13.3. The van der Waals surface area contributed by atoms with Gasteiger partial charge in [-0.3, -0.25) is 9.78 Å². The Morgan fingerprint density at radius 1 is 1.74 bits per heavy atom. The molecule has 0 spiro atoms. The van der Waals surface area contributed by atoms with Crippen molar-refractivity contribution in [3.8, 4) is 6.07 Å². The zero-order valence-electron chi connectivity index (χ0n) is 10.7. The van der Waals surface area contributed by atoms with Gasteiger partial charge in [0.15, 0.2) is 0 Å². The van der Waals surface area contributed by atoms with E-state index in [1.165, 1.54) is 7.11 Å². The van der Waals surface area contributed by atoms with Gasteiger partial charge in [0.05, 0.1) is 43.7 Å². The van der Waals surface area contributed by atoms with Gasteiger partial charge in [-0.15, -0.1) is 0 Å². The number of esters is 1. The van der Waals surface area contributed by atoms with Crippen molar-refractivity contribution in [2.24, 2.45) is 0 Å². The first-order valence-electron chi connectivity index (χ1n) is 6.02. The molecule has 6 heteroatoms. The SMILES string of the molecule is COC(=O)CC1CN(c2cnccc2C#N)CCO1. The van der Waals surface area contributed by atoms with Crippen LogP contribution in [0.2, 0.25) is 0 Å². The van der Waals surface area contributed by atoms with Crippen LogP contribution in [0.4, 0.5) is 5.69 Å². The molecule has 6 nitrogen and oxygen atoms in total. The largest absolute Gasteiger partial charge is 0.469 e. The lowest BCUT2D eigenvalue weighted by Crippen LogP contribution is -2.43. The maximum Gasteiger partial charge on any atom is 0.308 e. The van der Waals surface area contributed by atoms with E-state index in [1.54, 1.807) is 18.5 Å². The Morgan fingerprint density at radius 2 is 2.58 bits per heavy atom. The Kier molecular flexibility index (Phi) is 4.31. The molecule has 1 unspecified atom stereocenters. The average molecular weight is 261 g/mol. The molecule has 0 aliphatic carbocycles. The summed E-state index contributed by atoms with van der Waals surface area (Å²) in [5.74, 6) is -0.293. The molecule has 2 rings (SSSR count). The lowest BCUT2D eigenvalue weighted by Gasteiger charge is -2.34. The fourth-order valence-corrected chi connectivity index (χ4v) is 2.06. The third-order valence-electron chi connectivity index (χ3n) is 3.02. The van der Waals surface area contributed by atoms with Gasteiger partial charge in [-0.05, 0) is 6.07 Å². The third-order valence-corrected chi connectivity index (χ3v) is 3.02. The average Bonchev–Trinajstić information content (AvgIpc) is 2.47. The highest BCUT2D eigenvalue weighted by Crippen LogP contribution is 2.21. The van der Waals surface area contributed by atoms with Crippen LogP contribution in [0.1, 0.15) is 12.0 Å². The fourth-order valence-electron chi connectivity index (χ4n) is 2.06. The molecule has 1 fully saturated rings. The van der Waals surface area contributed by atoms with Gasteiger partial charge in [0.1, 0.15) is 6.07 Å². The van der Waals surface area contributed by atoms with Crippen molar-refractivity contribution in [2.45, 2.75) is 12.5 Å². The molecular weight excluding hydrogens is 246 g/mol. The Labute approximate surface area is 111 Å². The van der Waals surface area contributed by atoms with E-state index in [0.717, 1.165) is 5.69 Å². The van der Waals surface area contributed by atoms with Crippen LogP contribution < -0.4 is 4.90 Å². The predicted octanol–water partition coefficient (Wildman–Crippen LogP) is 0.722. The Morgan fingerprint density at radius 3 is 3.32 bits per heavy atom. The van der Waals surface area contributed by atoms with Gasteiger partial charge in [0.25, 0.3) is 0 Å². The van der Waals surface area contributed by atoms with E-state index in [2.05, 4.69) is 15.8 Å². The summed E-state index contributed by atoms with van der Waals surface area (Å²) >= 11 is 0. The summed E-state index contributed by atoms with van der Waals surface area (Å²) in [4.78, 5) is 17.3. The molecule has 1 atom stereocenters. The van der Waals surface area contributed by atoms with Crippen molar-refractivity contribution in [1.29, 1.82) is 5.26 Å². The molecule has 0 aromatic carbocycles. The number of nitrogens with zero attached hydrogens (tertiary/aromatic N) is 3. The normalized spacial score (nSPS) is 18.7. The number of pyridine rings is 1. The number of carbonyl (C=O) groups excluding carboxylic acids is 1. The summed E-state index contributed by atoms with van der Waals surface area (Å²) < 4.78 is 10.2. The van der Waals surface area contributed by atoms with Crippen molar-refractivity contribution in [3.63, 3.8) is 0 Å². The molecular formula is C13H15N3O3. The molecule has 19 heavy (non-hydrogen) atoms. The van der Waals surface area contributed by atoms with Crippen molar-refractivity contribution >= 4 is 11.7 Å². The van der Waals surface area contributed by atoms with Gasteiger partial charge in [0, 0.05) is 19.3 Å². The molecule has 1 saturated heterocycles. The number of morpholine rings is 1. The summed E-state index contributed by atoms with van der Waals surface area (Å²) in [6.07, 6.45) is 3.26. The van der Waals surface area contributed by atoms with Crippen LogP contribution in [0.3, 0.4) is 0 Å². The molecule has 0 amide bonds. The molecule has 1 aliphatic rings.